The number of alkyl halides is 2. The molecule has 44 heavy (non-hydrogen) atoms. The van der Waals surface area contributed by atoms with Crippen LogP contribution in [0.25, 0.3) is 27.7 Å². The Morgan fingerprint density at radius 2 is 1.93 bits per heavy atom. The zero-order valence-corrected chi connectivity index (χ0v) is 25.0. The number of nitrogens with zero attached hydrogens (tertiary/aromatic N) is 4. The monoisotopic (exact) mass is 594 g/mol. The number of allylic oxidation sites excluding steroid dienone is 1. The number of anilines is 2. The zero-order valence-electron chi connectivity index (χ0n) is 25.0. The summed E-state index contributed by atoms with van der Waals surface area (Å²) in [5, 5.41) is 13.6. The molecule has 5 aromatic rings. The third-order valence-electron chi connectivity index (χ3n) is 8.36. The van der Waals surface area contributed by atoms with Gasteiger partial charge in [-0.15, -0.1) is 0 Å². The van der Waals surface area contributed by atoms with Gasteiger partial charge >= 0.3 is 0 Å². The Labute approximate surface area is 255 Å². The number of carbonyl (C=O) groups is 1. The first-order valence-corrected chi connectivity index (χ1v) is 15.1. The van der Waals surface area contributed by atoms with Gasteiger partial charge in [-0.2, -0.15) is 9.61 Å². The minimum absolute atomic E-state index is 0.0170. The number of halogens is 2. The number of hydrogen-bond donors (Lipinski definition) is 2. The second-order valence-electron chi connectivity index (χ2n) is 11.9. The highest BCUT2D eigenvalue weighted by molar-refractivity contribution is 5.97. The number of rotatable bonds is 10. The summed E-state index contributed by atoms with van der Waals surface area (Å²) in [6.07, 6.45) is 5.87. The van der Waals surface area contributed by atoms with Gasteiger partial charge < -0.3 is 10.6 Å². The maximum Gasteiger partial charge on any atom is 0.248 e. The molecule has 1 aliphatic rings. The van der Waals surface area contributed by atoms with Gasteiger partial charge in [0.2, 0.25) is 5.92 Å². The lowest BCUT2D eigenvalue weighted by molar-refractivity contribution is -0.114. The van der Waals surface area contributed by atoms with Gasteiger partial charge in [0.25, 0.3) is 0 Å². The summed E-state index contributed by atoms with van der Waals surface area (Å²) in [4.78, 5) is 21.5. The van der Waals surface area contributed by atoms with Crippen molar-refractivity contribution in [1.82, 2.24) is 19.6 Å². The molecule has 0 saturated heterocycles. The van der Waals surface area contributed by atoms with E-state index >= 15 is 0 Å². The topological polar surface area (TPSA) is 84.2 Å². The number of carbonyl (C=O) groups excluding carboxylic acids is 1. The molecule has 1 fully saturated rings. The maximum absolute atomic E-state index is 13.8. The van der Waals surface area contributed by atoms with Gasteiger partial charge in [-0.05, 0) is 47.4 Å². The summed E-state index contributed by atoms with van der Waals surface area (Å²) in [5.41, 5.74) is 5.59. The molecule has 7 nitrogen and oxygen atoms in total. The third-order valence-corrected chi connectivity index (χ3v) is 8.36. The van der Waals surface area contributed by atoms with Gasteiger partial charge in [0.15, 0.2) is 11.4 Å². The zero-order chi connectivity index (χ0) is 30.8. The Morgan fingerprint density at radius 1 is 1.14 bits per heavy atom. The highest BCUT2D eigenvalue weighted by Crippen LogP contribution is 2.35. The van der Waals surface area contributed by atoms with Crippen LogP contribution in [0.2, 0.25) is 0 Å². The van der Waals surface area contributed by atoms with Crippen LogP contribution in [0.5, 0.6) is 0 Å². The van der Waals surface area contributed by atoms with E-state index in [9.17, 15) is 13.6 Å². The first kappa shape index (κ1) is 29.4. The molecule has 2 aromatic carbocycles. The van der Waals surface area contributed by atoms with Crippen LogP contribution in [0.1, 0.15) is 62.1 Å². The second kappa shape index (κ2) is 12.1. The van der Waals surface area contributed by atoms with Crippen LogP contribution >= 0.6 is 0 Å². The molecule has 0 atom stereocenters. The summed E-state index contributed by atoms with van der Waals surface area (Å²) in [6, 6.07) is 18.0. The molecule has 3 aromatic heterocycles. The Hall–Kier alpha value is -4.66. The minimum atomic E-state index is -2.59. The SMILES string of the molecule is C=CC(=O)Cc1ccc2c(-c3ccccc3CNc3cc(NC4CCC(F)(F)CC4)nc4c(C(C)C)cnn34)nccc2c1. The molecule has 9 heteroatoms. The summed E-state index contributed by atoms with van der Waals surface area (Å²) >= 11 is 0. The molecule has 1 saturated carbocycles. The average molecular weight is 595 g/mol. The van der Waals surface area contributed by atoms with Crippen molar-refractivity contribution < 1.29 is 13.6 Å². The second-order valence-corrected chi connectivity index (χ2v) is 11.9. The molecule has 0 unspecified atom stereocenters. The van der Waals surface area contributed by atoms with Crippen LogP contribution in [0.4, 0.5) is 20.4 Å². The smallest absolute Gasteiger partial charge is 0.248 e. The Kier molecular flexibility index (Phi) is 8.12. The van der Waals surface area contributed by atoms with E-state index in [1.165, 1.54) is 6.08 Å². The fourth-order valence-corrected chi connectivity index (χ4v) is 5.90. The van der Waals surface area contributed by atoms with Gasteiger partial charge in [0, 0.05) is 60.6 Å². The molecule has 0 bridgehead atoms. The molecule has 0 aliphatic heterocycles. The number of nitrogens with one attached hydrogen (secondary N) is 2. The van der Waals surface area contributed by atoms with E-state index in [0.717, 1.165) is 50.2 Å². The summed E-state index contributed by atoms with van der Waals surface area (Å²) in [6.45, 7) is 8.27. The number of aromatic nitrogens is 4. The first-order valence-electron chi connectivity index (χ1n) is 15.1. The number of pyridine rings is 1. The molecule has 2 N–H and O–H groups in total. The van der Waals surface area contributed by atoms with E-state index in [1.54, 1.807) is 10.7 Å². The first-order chi connectivity index (χ1) is 21.2. The molecule has 6 rings (SSSR count). The van der Waals surface area contributed by atoms with Crippen molar-refractivity contribution in [3.63, 3.8) is 0 Å². The van der Waals surface area contributed by atoms with E-state index in [0.29, 0.717) is 31.6 Å². The lowest BCUT2D eigenvalue weighted by Gasteiger charge is -2.29. The largest absolute Gasteiger partial charge is 0.367 e. The molecule has 3 heterocycles. The summed E-state index contributed by atoms with van der Waals surface area (Å²) in [5.74, 6) is -0.991. The van der Waals surface area contributed by atoms with Gasteiger partial charge in [0.05, 0.1) is 11.9 Å². The third kappa shape index (κ3) is 6.18. The van der Waals surface area contributed by atoms with Gasteiger partial charge in [-0.1, -0.05) is 62.9 Å². The normalized spacial score (nSPS) is 15.1. The van der Waals surface area contributed by atoms with Crippen molar-refractivity contribution in [1.29, 1.82) is 0 Å². The van der Waals surface area contributed by atoms with E-state index in [-0.39, 0.29) is 30.6 Å². The maximum atomic E-state index is 13.8. The standard InChI is InChI=1S/C35H36F2N6O/c1-4-27(44)18-23-9-10-29-24(17-23)13-16-38-33(29)28-8-6-5-7-25(28)20-39-32-19-31(41-26-11-14-35(36,37)15-12-26)42-34-30(22(2)3)21-40-43(32)34/h4-10,13,16-17,19,21-22,26,39H,1,11-12,14-15,18,20H2,2-3H3,(H,41,42). The Morgan fingerprint density at radius 3 is 2.70 bits per heavy atom. The molecule has 226 valence electrons. The van der Waals surface area contributed by atoms with Crippen molar-refractivity contribution in [3.05, 3.63) is 96.3 Å². The molecule has 1 aliphatic carbocycles. The number of hydrogen-bond acceptors (Lipinski definition) is 6. The van der Waals surface area contributed by atoms with Crippen molar-refractivity contribution in [2.45, 2.75) is 70.4 Å². The van der Waals surface area contributed by atoms with E-state index in [4.69, 9.17) is 9.97 Å². The van der Waals surface area contributed by atoms with Crippen LogP contribution in [-0.4, -0.2) is 37.3 Å². The van der Waals surface area contributed by atoms with E-state index in [2.05, 4.69) is 48.3 Å². The number of fused-ring (bicyclic) bond motifs is 2. The highest BCUT2D eigenvalue weighted by atomic mass is 19.3. The quantitative estimate of drug-likeness (QED) is 0.160. The molecular formula is C35H36F2N6O. The van der Waals surface area contributed by atoms with Gasteiger partial charge in [-0.3, -0.25) is 9.78 Å². The predicted octanol–water partition coefficient (Wildman–Crippen LogP) is 7.97. The van der Waals surface area contributed by atoms with Crippen LogP contribution in [0.3, 0.4) is 0 Å². The van der Waals surface area contributed by atoms with E-state index in [1.807, 2.05) is 48.7 Å². The van der Waals surface area contributed by atoms with Crippen molar-refractivity contribution in [2.75, 3.05) is 10.6 Å². The van der Waals surface area contributed by atoms with Crippen LogP contribution < -0.4 is 10.6 Å². The van der Waals surface area contributed by atoms with Crippen LogP contribution in [0, 0.1) is 0 Å². The summed E-state index contributed by atoms with van der Waals surface area (Å²) in [7, 11) is 0. The molecule has 0 radical (unpaired) electrons. The Balaban J connectivity index is 1.31. The molecule has 0 spiro atoms. The average Bonchev–Trinajstić information content (AvgIpc) is 3.45. The minimum Gasteiger partial charge on any atom is -0.367 e. The number of benzene rings is 2. The van der Waals surface area contributed by atoms with Gasteiger partial charge in [-0.25, -0.2) is 13.8 Å². The van der Waals surface area contributed by atoms with Crippen molar-refractivity contribution in [2.24, 2.45) is 0 Å². The van der Waals surface area contributed by atoms with E-state index < -0.39 is 5.92 Å². The predicted molar refractivity (Wildman–Crippen MR) is 171 cm³/mol. The fourth-order valence-electron chi connectivity index (χ4n) is 5.90. The molecule has 0 amide bonds. The number of ketones is 1. The highest BCUT2D eigenvalue weighted by Gasteiger charge is 2.35. The fraction of sp³-hybridized carbons (Fsp3) is 0.314. The van der Waals surface area contributed by atoms with Crippen LogP contribution in [-0.2, 0) is 17.8 Å². The lowest BCUT2D eigenvalue weighted by Crippen LogP contribution is -2.32. The van der Waals surface area contributed by atoms with Crippen molar-refractivity contribution >= 4 is 33.8 Å². The Bertz CT molecular complexity index is 1840. The molecular weight excluding hydrogens is 558 g/mol. The lowest BCUT2D eigenvalue weighted by atomic mass is 9.92. The van der Waals surface area contributed by atoms with Crippen molar-refractivity contribution in [3.8, 4) is 11.3 Å². The van der Waals surface area contributed by atoms with Gasteiger partial charge in [0.1, 0.15) is 11.6 Å². The summed E-state index contributed by atoms with van der Waals surface area (Å²) < 4.78 is 29.4. The van der Waals surface area contributed by atoms with Crippen LogP contribution in [0.15, 0.2) is 79.6 Å².